The molecule has 0 amide bonds. The zero-order valence-electron chi connectivity index (χ0n) is 9.67. The number of hydrogen-bond donors (Lipinski definition) is 1. The van der Waals surface area contributed by atoms with Crippen LogP contribution in [0.1, 0.15) is 5.56 Å². The third-order valence-electron chi connectivity index (χ3n) is 2.79. The third kappa shape index (κ3) is 2.17. The molecule has 90 valence electrons. The van der Waals surface area contributed by atoms with Gasteiger partial charge in [0.2, 0.25) is 0 Å². The quantitative estimate of drug-likeness (QED) is 0.761. The fourth-order valence-corrected chi connectivity index (χ4v) is 2.80. The summed E-state index contributed by atoms with van der Waals surface area (Å²) in [6.45, 7) is 0.550. The van der Waals surface area contributed by atoms with Crippen molar-refractivity contribution in [1.82, 2.24) is 0 Å². The summed E-state index contributed by atoms with van der Waals surface area (Å²) in [5.74, 6) is 1.02. The van der Waals surface area contributed by atoms with Crippen molar-refractivity contribution >= 4 is 21.4 Å². The van der Waals surface area contributed by atoms with Crippen LogP contribution in [0.5, 0.6) is 11.5 Å². The van der Waals surface area contributed by atoms with Gasteiger partial charge in [-0.05, 0) is 41.1 Å². The van der Waals surface area contributed by atoms with Gasteiger partial charge in [-0.2, -0.15) is 0 Å². The molecule has 0 saturated carbocycles. The Morgan fingerprint density at radius 3 is 2.61 bits per heavy atom. The average molecular weight is 256 g/mol. The molecule has 1 heterocycles. The first-order valence-corrected chi connectivity index (χ1v) is 6.58. The molecule has 2 nitrogen and oxygen atoms in total. The average Bonchev–Trinajstić information content (AvgIpc) is 2.82. The summed E-state index contributed by atoms with van der Waals surface area (Å²) >= 11 is 1.73. The Morgan fingerprint density at radius 2 is 1.78 bits per heavy atom. The minimum atomic E-state index is 0.253. The highest BCUT2D eigenvalue weighted by molar-refractivity contribution is 7.17. The first-order valence-electron chi connectivity index (χ1n) is 5.70. The second kappa shape index (κ2) is 4.70. The molecule has 3 heteroatoms. The Morgan fingerprint density at radius 1 is 1.00 bits per heavy atom. The highest BCUT2D eigenvalue weighted by Crippen LogP contribution is 2.27. The molecular formula is C15H12O2S. The van der Waals surface area contributed by atoms with E-state index in [-0.39, 0.29) is 5.75 Å². The van der Waals surface area contributed by atoms with Crippen molar-refractivity contribution in [3.8, 4) is 11.5 Å². The number of benzene rings is 2. The van der Waals surface area contributed by atoms with Crippen molar-refractivity contribution in [2.45, 2.75) is 6.61 Å². The molecular weight excluding hydrogens is 244 g/mol. The van der Waals surface area contributed by atoms with Crippen molar-refractivity contribution < 1.29 is 9.84 Å². The van der Waals surface area contributed by atoms with Crippen molar-refractivity contribution in [1.29, 1.82) is 0 Å². The number of fused-ring (bicyclic) bond motifs is 1. The Labute approximate surface area is 109 Å². The van der Waals surface area contributed by atoms with E-state index in [1.54, 1.807) is 35.6 Å². The lowest BCUT2D eigenvalue weighted by Gasteiger charge is -2.05. The zero-order chi connectivity index (χ0) is 12.4. The fraction of sp³-hybridized carbons (Fsp3) is 0.0667. The Hall–Kier alpha value is -2.00. The van der Waals surface area contributed by atoms with Gasteiger partial charge in [-0.3, -0.25) is 0 Å². The summed E-state index contributed by atoms with van der Waals surface area (Å²) in [4.78, 5) is 0. The molecule has 0 saturated heterocycles. The molecule has 2 aromatic carbocycles. The van der Waals surface area contributed by atoms with Gasteiger partial charge in [0.25, 0.3) is 0 Å². The van der Waals surface area contributed by atoms with E-state index in [0.717, 1.165) is 5.75 Å². The highest BCUT2D eigenvalue weighted by atomic mass is 32.1. The number of phenols is 1. The molecule has 0 unspecified atom stereocenters. The van der Waals surface area contributed by atoms with Crippen LogP contribution in [0.3, 0.4) is 0 Å². The van der Waals surface area contributed by atoms with E-state index in [0.29, 0.717) is 6.61 Å². The molecule has 0 atom stereocenters. The van der Waals surface area contributed by atoms with Crippen LogP contribution >= 0.6 is 11.3 Å². The van der Waals surface area contributed by atoms with E-state index in [9.17, 15) is 5.11 Å². The van der Waals surface area contributed by atoms with Gasteiger partial charge in [-0.1, -0.05) is 18.2 Å². The van der Waals surface area contributed by atoms with Crippen LogP contribution in [0.4, 0.5) is 0 Å². The maximum atomic E-state index is 9.20. The molecule has 0 fully saturated rings. The lowest BCUT2D eigenvalue weighted by atomic mass is 10.2. The van der Waals surface area contributed by atoms with Gasteiger partial charge >= 0.3 is 0 Å². The zero-order valence-corrected chi connectivity index (χ0v) is 10.5. The number of aromatic hydroxyl groups is 1. The van der Waals surface area contributed by atoms with Gasteiger partial charge in [-0.25, -0.2) is 0 Å². The van der Waals surface area contributed by atoms with Crippen LogP contribution in [0, 0.1) is 0 Å². The van der Waals surface area contributed by atoms with E-state index in [1.165, 1.54) is 15.6 Å². The summed E-state index contributed by atoms with van der Waals surface area (Å²) in [7, 11) is 0. The lowest BCUT2D eigenvalue weighted by Crippen LogP contribution is -1.93. The number of hydrogen-bond acceptors (Lipinski definition) is 3. The summed E-state index contributed by atoms with van der Waals surface area (Å²) in [5, 5.41) is 12.6. The minimum Gasteiger partial charge on any atom is -0.508 e. The second-order valence-corrected chi connectivity index (χ2v) is 4.95. The van der Waals surface area contributed by atoms with Crippen molar-refractivity contribution in [2.24, 2.45) is 0 Å². The van der Waals surface area contributed by atoms with Crippen molar-refractivity contribution in [3.63, 3.8) is 0 Å². The summed E-state index contributed by atoms with van der Waals surface area (Å²) < 4.78 is 6.99. The van der Waals surface area contributed by atoms with Gasteiger partial charge < -0.3 is 9.84 Å². The van der Waals surface area contributed by atoms with Gasteiger partial charge in [0.05, 0.1) is 0 Å². The summed E-state index contributed by atoms with van der Waals surface area (Å²) in [5.41, 5.74) is 1.20. The van der Waals surface area contributed by atoms with E-state index in [1.807, 2.05) is 12.1 Å². The molecule has 3 aromatic rings. The van der Waals surface area contributed by atoms with Gasteiger partial charge in [0.1, 0.15) is 18.1 Å². The van der Waals surface area contributed by atoms with Crippen LogP contribution in [0.15, 0.2) is 53.9 Å². The van der Waals surface area contributed by atoms with Crippen molar-refractivity contribution in [2.75, 3.05) is 0 Å². The summed E-state index contributed by atoms with van der Waals surface area (Å²) in [6, 6.07) is 15.1. The van der Waals surface area contributed by atoms with E-state index < -0.39 is 0 Å². The van der Waals surface area contributed by atoms with E-state index in [2.05, 4.69) is 17.5 Å². The van der Waals surface area contributed by atoms with E-state index in [4.69, 9.17) is 4.74 Å². The van der Waals surface area contributed by atoms with Crippen molar-refractivity contribution in [3.05, 3.63) is 59.5 Å². The lowest BCUT2D eigenvalue weighted by molar-refractivity contribution is 0.307. The topological polar surface area (TPSA) is 29.5 Å². The number of phenolic OH excluding ortho intramolecular Hbond substituents is 1. The molecule has 1 aromatic heterocycles. The predicted octanol–water partition coefficient (Wildman–Crippen LogP) is 4.19. The second-order valence-electron chi connectivity index (χ2n) is 4.04. The maximum absolute atomic E-state index is 9.20. The minimum absolute atomic E-state index is 0.253. The Balaban J connectivity index is 1.79. The van der Waals surface area contributed by atoms with Crippen LogP contribution in [0.25, 0.3) is 10.1 Å². The van der Waals surface area contributed by atoms with Crippen LogP contribution in [-0.2, 0) is 6.61 Å². The maximum Gasteiger partial charge on any atom is 0.120 e. The number of ether oxygens (including phenoxy) is 1. The molecule has 0 radical (unpaired) electrons. The highest BCUT2D eigenvalue weighted by Gasteiger charge is 2.03. The molecule has 1 N–H and O–H groups in total. The molecule has 0 bridgehead atoms. The van der Waals surface area contributed by atoms with Crippen LogP contribution in [-0.4, -0.2) is 5.11 Å². The molecule has 18 heavy (non-hydrogen) atoms. The largest absolute Gasteiger partial charge is 0.508 e. The van der Waals surface area contributed by atoms with Gasteiger partial charge in [-0.15, -0.1) is 11.3 Å². The third-order valence-corrected chi connectivity index (χ3v) is 3.80. The first-order chi connectivity index (χ1) is 8.83. The SMILES string of the molecule is Oc1ccc(OCc2csc3ccccc23)cc1. The summed E-state index contributed by atoms with van der Waals surface area (Å²) in [6.07, 6.45) is 0. The van der Waals surface area contributed by atoms with Crippen LogP contribution in [0.2, 0.25) is 0 Å². The predicted molar refractivity (Wildman–Crippen MR) is 74.3 cm³/mol. The van der Waals surface area contributed by atoms with Gasteiger partial charge in [0.15, 0.2) is 0 Å². The molecule has 0 aliphatic rings. The van der Waals surface area contributed by atoms with Gasteiger partial charge in [0, 0.05) is 10.3 Å². The number of thiophene rings is 1. The fourth-order valence-electron chi connectivity index (χ4n) is 1.85. The molecule has 0 aliphatic heterocycles. The number of rotatable bonds is 3. The standard InChI is InChI=1S/C15H12O2S/c16-12-5-7-13(8-6-12)17-9-11-10-18-15-4-2-1-3-14(11)15/h1-8,10,16H,9H2. The first kappa shape index (κ1) is 11.1. The Bertz CT molecular complexity index is 656. The molecule has 0 aliphatic carbocycles. The normalized spacial score (nSPS) is 10.7. The van der Waals surface area contributed by atoms with Crippen LogP contribution < -0.4 is 4.74 Å². The smallest absolute Gasteiger partial charge is 0.120 e. The monoisotopic (exact) mass is 256 g/mol. The Kier molecular flexibility index (Phi) is 2.90. The molecule has 0 spiro atoms. The van der Waals surface area contributed by atoms with E-state index >= 15 is 0 Å². The molecule has 3 rings (SSSR count).